The van der Waals surface area contributed by atoms with Crippen molar-refractivity contribution < 1.29 is 9.90 Å². The highest BCUT2D eigenvalue weighted by Crippen LogP contribution is 2.31. The molecule has 1 aromatic heterocycles. The van der Waals surface area contributed by atoms with Gasteiger partial charge in [-0.05, 0) is 32.0 Å². The molecule has 0 aliphatic rings. The number of thiophene rings is 1. The van der Waals surface area contributed by atoms with Gasteiger partial charge in [-0.1, -0.05) is 23.2 Å². The Hall–Kier alpha value is -1.56. The van der Waals surface area contributed by atoms with E-state index in [0.717, 1.165) is 4.88 Å². The summed E-state index contributed by atoms with van der Waals surface area (Å²) in [7, 11) is 0. The molecule has 21 heavy (non-hydrogen) atoms. The molecule has 1 heterocycles. The number of phenolic OH excluding ortho intramolecular Hbond substituents is 1. The summed E-state index contributed by atoms with van der Waals surface area (Å²) >= 11 is 13.2. The predicted octanol–water partition coefficient (Wildman–Crippen LogP) is 4.22. The standard InChI is InChI=1S/C14H12Cl2N2O2S/c1-7-3-9(6-21-7)14(20)18-17-8(2)11-4-10(15)5-12(16)13(11)19/h3-6,19H,1-2H3,(H,18,20)/b17-8+. The Balaban J connectivity index is 2.20. The van der Waals surface area contributed by atoms with Crippen LogP contribution in [-0.4, -0.2) is 16.7 Å². The Morgan fingerprint density at radius 2 is 2.05 bits per heavy atom. The van der Waals surface area contributed by atoms with Crippen LogP contribution in [0.25, 0.3) is 0 Å². The molecule has 0 radical (unpaired) electrons. The Morgan fingerprint density at radius 1 is 1.33 bits per heavy atom. The Kier molecular flexibility index (Phi) is 4.88. The smallest absolute Gasteiger partial charge is 0.272 e. The second kappa shape index (κ2) is 6.47. The molecule has 4 nitrogen and oxygen atoms in total. The van der Waals surface area contributed by atoms with Crippen LogP contribution in [0.1, 0.15) is 27.7 Å². The van der Waals surface area contributed by atoms with Crippen molar-refractivity contribution in [2.75, 3.05) is 0 Å². The summed E-state index contributed by atoms with van der Waals surface area (Å²) in [5.41, 5.74) is 3.75. The molecular weight excluding hydrogens is 331 g/mol. The van der Waals surface area contributed by atoms with Gasteiger partial charge in [-0.15, -0.1) is 11.3 Å². The highest BCUT2D eigenvalue weighted by Gasteiger charge is 2.12. The number of aromatic hydroxyl groups is 1. The van der Waals surface area contributed by atoms with Crippen LogP contribution in [-0.2, 0) is 0 Å². The van der Waals surface area contributed by atoms with E-state index in [0.29, 0.717) is 21.9 Å². The molecule has 2 rings (SSSR count). The van der Waals surface area contributed by atoms with E-state index < -0.39 is 0 Å². The lowest BCUT2D eigenvalue weighted by Gasteiger charge is -2.07. The van der Waals surface area contributed by atoms with Crippen molar-refractivity contribution in [1.82, 2.24) is 5.43 Å². The van der Waals surface area contributed by atoms with E-state index in [1.165, 1.54) is 23.5 Å². The van der Waals surface area contributed by atoms with Crippen molar-refractivity contribution >= 4 is 46.2 Å². The number of hydrogen-bond donors (Lipinski definition) is 2. The summed E-state index contributed by atoms with van der Waals surface area (Å²) in [6.07, 6.45) is 0. The predicted molar refractivity (Wildman–Crippen MR) is 86.9 cm³/mol. The lowest BCUT2D eigenvalue weighted by molar-refractivity contribution is 0.0955. The zero-order valence-corrected chi connectivity index (χ0v) is 13.6. The minimum Gasteiger partial charge on any atom is -0.506 e. The summed E-state index contributed by atoms with van der Waals surface area (Å²) < 4.78 is 0. The van der Waals surface area contributed by atoms with Crippen LogP contribution in [0.4, 0.5) is 0 Å². The Bertz CT molecular complexity index is 726. The zero-order valence-electron chi connectivity index (χ0n) is 11.3. The van der Waals surface area contributed by atoms with Gasteiger partial charge in [-0.25, -0.2) is 5.43 Å². The molecule has 0 saturated carbocycles. The molecule has 0 spiro atoms. The van der Waals surface area contributed by atoms with E-state index in [-0.39, 0.29) is 16.7 Å². The first kappa shape index (κ1) is 15.8. The maximum atomic E-state index is 11.9. The topological polar surface area (TPSA) is 61.7 Å². The number of rotatable bonds is 3. The molecule has 1 aromatic carbocycles. The second-order valence-electron chi connectivity index (χ2n) is 4.37. The fourth-order valence-corrected chi connectivity index (χ4v) is 2.84. The number of phenols is 1. The molecule has 0 aliphatic carbocycles. The van der Waals surface area contributed by atoms with Gasteiger partial charge in [0.05, 0.1) is 16.3 Å². The molecule has 0 unspecified atom stereocenters. The summed E-state index contributed by atoms with van der Waals surface area (Å²) in [5.74, 6) is -0.436. The van der Waals surface area contributed by atoms with Crippen molar-refractivity contribution in [2.24, 2.45) is 5.10 Å². The number of carbonyl (C=O) groups is 1. The van der Waals surface area contributed by atoms with E-state index in [9.17, 15) is 9.90 Å². The maximum Gasteiger partial charge on any atom is 0.272 e. The summed E-state index contributed by atoms with van der Waals surface area (Å²) in [5, 5.41) is 16.1. The first-order chi connectivity index (χ1) is 9.88. The number of amides is 1. The number of benzene rings is 1. The Morgan fingerprint density at radius 3 is 2.67 bits per heavy atom. The molecular formula is C14H12Cl2N2O2S. The van der Waals surface area contributed by atoms with Crippen molar-refractivity contribution in [2.45, 2.75) is 13.8 Å². The molecule has 0 fully saturated rings. The third kappa shape index (κ3) is 3.75. The van der Waals surface area contributed by atoms with Crippen molar-refractivity contribution in [3.05, 3.63) is 49.6 Å². The first-order valence-corrected chi connectivity index (χ1v) is 7.60. The quantitative estimate of drug-likeness (QED) is 0.647. The molecule has 0 aliphatic heterocycles. The zero-order chi connectivity index (χ0) is 15.6. The lowest BCUT2D eigenvalue weighted by Crippen LogP contribution is -2.18. The van der Waals surface area contributed by atoms with Crippen molar-refractivity contribution in [3.8, 4) is 5.75 Å². The number of hydrogen-bond acceptors (Lipinski definition) is 4. The average Bonchev–Trinajstić information content (AvgIpc) is 2.86. The molecule has 1 amide bonds. The van der Waals surface area contributed by atoms with Crippen LogP contribution in [0, 0.1) is 6.92 Å². The van der Waals surface area contributed by atoms with Gasteiger partial charge >= 0.3 is 0 Å². The third-order valence-electron chi connectivity index (χ3n) is 2.74. The van der Waals surface area contributed by atoms with E-state index in [4.69, 9.17) is 23.2 Å². The summed E-state index contributed by atoms with van der Waals surface area (Å²) in [4.78, 5) is 12.9. The highest BCUT2D eigenvalue weighted by molar-refractivity contribution is 7.10. The van der Waals surface area contributed by atoms with Gasteiger partial charge in [-0.3, -0.25) is 4.79 Å². The normalized spacial score (nSPS) is 11.5. The molecule has 110 valence electrons. The molecule has 0 atom stereocenters. The minimum absolute atomic E-state index is 0.122. The number of hydrazone groups is 1. The SMILES string of the molecule is C/C(=N\NC(=O)c1csc(C)c1)c1cc(Cl)cc(Cl)c1O. The van der Waals surface area contributed by atoms with Gasteiger partial charge in [0.2, 0.25) is 0 Å². The van der Waals surface area contributed by atoms with E-state index in [1.54, 1.807) is 18.4 Å². The molecule has 0 bridgehead atoms. The third-order valence-corrected chi connectivity index (χ3v) is 4.10. The van der Waals surface area contributed by atoms with Crippen LogP contribution in [0.2, 0.25) is 10.0 Å². The number of nitrogens with zero attached hydrogens (tertiary/aromatic N) is 1. The van der Waals surface area contributed by atoms with Crippen LogP contribution >= 0.6 is 34.5 Å². The number of halogens is 2. The van der Waals surface area contributed by atoms with Crippen molar-refractivity contribution in [3.63, 3.8) is 0 Å². The molecule has 7 heteroatoms. The summed E-state index contributed by atoms with van der Waals surface area (Å²) in [6, 6.07) is 4.74. The van der Waals surface area contributed by atoms with Crippen LogP contribution < -0.4 is 5.43 Å². The average molecular weight is 343 g/mol. The van der Waals surface area contributed by atoms with E-state index in [2.05, 4.69) is 10.5 Å². The highest BCUT2D eigenvalue weighted by atomic mass is 35.5. The van der Waals surface area contributed by atoms with Gasteiger partial charge in [-0.2, -0.15) is 5.10 Å². The van der Waals surface area contributed by atoms with E-state index in [1.807, 2.05) is 6.92 Å². The van der Waals surface area contributed by atoms with Gasteiger partial charge in [0.15, 0.2) is 0 Å². The number of nitrogens with one attached hydrogen (secondary N) is 1. The first-order valence-electron chi connectivity index (χ1n) is 5.96. The molecule has 2 N–H and O–H groups in total. The lowest BCUT2D eigenvalue weighted by atomic mass is 10.1. The van der Waals surface area contributed by atoms with Crippen LogP contribution in [0.15, 0.2) is 28.7 Å². The van der Waals surface area contributed by atoms with Gasteiger partial charge in [0.1, 0.15) is 5.75 Å². The fourth-order valence-electron chi connectivity index (χ4n) is 1.66. The number of aryl methyl sites for hydroxylation is 1. The second-order valence-corrected chi connectivity index (χ2v) is 6.33. The monoisotopic (exact) mass is 342 g/mol. The van der Waals surface area contributed by atoms with Crippen LogP contribution in [0.5, 0.6) is 5.75 Å². The number of carbonyl (C=O) groups excluding carboxylic acids is 1. The largest absolute Gasteiger partial charge is 0.506 e. The van der Waals surface area contributed by atoms with E-state index >= 15 is 0 Å². The molecule has 2 aromatic rings. The van der Waals surface area contributed by atoms with Crippen LogP contribution in [0.3, 0.4) is 0 Å². The van der Waals surface area contributed by atoms with Gasteiger partial charge < -0.3 is 5.11 Å². The van der Waals surface area contributed by atoms with Gasteiger partial charge in [0, 0.05) is 20.8 Å². The maximum absolute atomic E-state index is 11.9. The minimum atomic E-state index is -0.314. The van der Waals surface area contributed by atoms with Gasteiger partial charge in [0.25, 0.3) is 5.91 Å². The Labute approximate surface area is 136 Å². The summed E-state index contributed by atoms with van der Waals surface area (Å²) in [6.45, 7) is 3.56. The fraction of sp³-hybridized carbons (Fsp3) is 0.143. The molecule has 0 saturated heterocycles. The van der Waals surface area contributed by atoms with Crippen molar-refractivity contribution in [1.29, 1.82) is 0 Å².